The van der Waals surface area contributed by atoms with Crippen LogP contribution in [0.3, 0.4) is 0 Å². The number of benzene rings is 1. The topological polar surface area (TPSA) is 53.1 Å². The predicted octanol–water partition coefficient (Wildman–Crippen LogP) is 3.89. The second-order valence-corrected chi connectivity index (χ2v) is 5.43. The number of rotatable bonds is 7. The molecule has 22 heavy (non-hydrogen) atoms. The first kappa shape index (κ1) is 16.1. The summed E-state index contributed by atoms with van der Waals surface area (Å²) in [6.07, 6.45) is 1.57. The molecule has 0 atom stereocenters. The zero-order valence-corrected chi connectivity index (χ0v) is 13.8. The summed E-state index contributed by atoms with van der Waals surface area (Å²) in [6, 6.07) is 10.7. The Morgan fingerprint density at radius 3 is 2.23 bits per heavy atom. The minimum atomic E-state index is 0.344. The minimum Gasteiger partial charge on any atom is -0.372 e. The predicted molar refractivity (Wildman–Crippen MR) is 94.1 cm³/mol. The van der Waals surface area contributed by atoms with Gasteiger partial charge in [0.15, 0.2) is 0 Å². The Morgan fingerprint density at radius 2 is 1.64 bits per heavy atom. The van der Waals surface area contributed by atoms with Gasteiger partial charge in [-0.3, -0.25) is 0 Å². The van der Waals surface area contributed by atoms with Gasteiger partial charge >= 0.3 is 0 Å². The molecule has 1 aromatic heterocycles. The van der Waals surface area contributed by atoms with E-state index in [2.05, 4.69) is 77.5 Å². The van der Waals surface area contributed by atoms with Crippen molar-refractivity contribution in [3.8, 4) is 0 Å². The summed E-state index contributed by atoms with van der Waals surface area (Å²) in [6.45, 7) is 10.5. The summed E-state index contributed by atoms with van der Waals surface area (Å²) in [5.74, 6) is 1.61. The maximum Gasteiger partial charge on any atom is 0.135 e. The molecule has 0 aliphatic carbocycles. The van der Waals surface area contributed by atoms with E-state index < -0.39 is 0 Å². The standard InChI is InChI=1S/C17H25N5/c1-5-22(6-2)15-9-7-14(8-10-15)21-17-11-16(18-12-19-17)20-13(3)4/h7-13H,5-6H2,1-4H3,(H2,18,19,20,21). The van der Waals surface area contributed by atoms with Crippen molar-refractivity contribution in [3.05, 3.63) is 36.7 Å². The lowest BCUT2D eigenvalue weighted by atomic mass is 10.2. The molecule has 1 heterocycles. The van der Waals surface area contributed by atoms with E-state index in [0.29, 0.717) is 6.04 Å². The van der Waals surface area contributed by atoms with Crippen molar-refractivity contribution in [2.75, 3.05) is 28.6 Å². The molecule has 0 radical (unpaired) electrons. The highest BCUT2D eigenvalue weighted by molar-refractivity contribution is 5.62. The van der Waals surface area contributed by atoms with E-state index in [1.165, 1.54) is 5.69 Å². The highest BCUT2D eigenvalue weighted by Crippen LogP contribution is 2.21. The Hall–Kier alpha value is -2.30. The van der Waals surface area contributed by atoms with Crippen molar-refractivity contribution in [2.45, 2.75) is 33.7 Å². The minimum absolute atomic E-state index is 0.344. The highest BCUT2D eigenvalue weighted by atomic mass is 15.1. The normalized spacial score (nSPS) is 10.6. The van der Waals surface area contributed by atoms with Crippen LogP contribution in [0, 0.1) is 0 Å². The van der Waals surface area contributed by atoms with Crippen LogP contribution in [0.1, 0.15) is 27.7 Å². The van der Waals surface area contributed by atoms with Gasteiger partial charge in [-0.15, -0.1) is 0 Å². The Balaban J connectivity index is 2.07. The molecule has 0 saturated heterocycles. The van der Waals surface area contributed by atoms with E-state index in [4.69, 9.17) is 0 Å². The average molecular weight is 299 g/mol. The van der Waals surface area contributed by atoms with Crippen molar-refractivity contribution in [2.24, 2.45) is 0 Å². The monoisotopic (exact) mass is 299 g/mol. The Kier molecular flexibility index (Phi) is 5.58. The number of aromatic nitrogens is 2. The first-order valence-corrected chi connectivity index (χ1v) is 7.83. The summed E-state index contributed by atoms with van der Waals surface area (Å²) in [5, 5.41) is 6.58. The van der Waals surface area contributed by atoms with Gasteiger partial charge in [0.05, 0.1) is 0 Å². The van der Waals surface area contributed by atoms with Gasteiger partial charge in [0.2, 0.25) is 0 Å². The molecule has 5 heteroatoms. The Bertz CT molecular complexity index is 576. The van der Waals surface area contributed by atoms with Gasteiger partial charge < -0.3 is 15.5 Å². The Labute approximate surface area is 132 Å². The van der Waals surface area contributed by atoms with Gasteiger partial charge in [0, 0.05) is 36.6 Å². The maximum atomic E-state index is 4.26. The fourth-order valence-electron chi connectivity index (χ4n) is 2.29. The number of anilines is 4. The van der Waals surface area contributed by atoms with Gasteiger partial charge in [-0.25, -0.2) is 9.97 Å². The quantitative estimate of drug-likeness (QED) is 0.812. The molecule has 1 aromatic carbocycles. The number of hydrogen-bond donors (Lipinski definition) is 2. The Morgan fingerprint density at radius 1 is 1.00 bits per heavy atom. The van der Waals surface area contributed by atoms with Crippen molar-refractivity contribution in [1.82, 2.24) is 9.97 Å². The van der Waals surface area contributed by atoms with Crippen LogP contribution in [0.5, 0.6) is 0 Å². The van der Waals surface area contributed by atoms with Crippen LogP contribution in [0.2, 0.25) is 0 Å². The fourth-order valence-corrected chi connectivity index (χ4v) is 2.29. The van der Waals surface area contributed by atoms with Crippen molar-refractivity contribution in [1.29, 1.82) is 0 Å². The van der Waals surface area contributed by atoms with Gasteiger partial charge in [-0.1, -0.05) is 0 Å². The highest BCUT2D eigenvalue weighted by Gasteiger charge is 2.03. The summed E-state index contributed by atoms with van der Waals surface area (Å²) in [4.78, 5) is 10.8. The summed E-state index contributed by atoms with van der Waals surface area (Å²) < 4.78 is 0. The van der Waals surface area contributed by atoms with Crippen LogP contribution in [0.4, 0.5) is 23.0 Å². The molecule has 118 valence electrons. The first-order valence-electron chi connectivity index (χ1n) is 7.83. The van der Waals surface area contributed by atoms with E-state index in [1.807, 2.05) is 6.07 Å². The zero-order valence-electron chi connectivity index (χ0n) is 13.8. The molecule has 0 saturated carbocycles. The van der Waals surface area contributed by atoms with E-state index in [9.17, 15) is 0 Å². The molecule has 0 fully saturated rings. The van der Waals surface area contributed by atoms with Crippen molar-refractivity contribution >= 4 is 23.0 Å². The second-order valence-electron chi connectivity index (χ2n) is 5.43. The maximum absolute atomic E-state index is 4.26. The fraction of sp³-hybridized carbons (Fsp3) is 0.412. The van der Waals surface area contributed by atoms with E-state index in [1.54, 1.807) is 6.33 Å². The van der Waals surface area contributed by atoms with Crippen LogP contribution < -0.4 is 15.5 Å². The van der Waals surface area contributed by atoms with Gasteiger partial charge in [0.25, 0.3) is 0 Å². The molecule has 5 nitrogen and oxygen atoms in total. The molecule has 2 N–H and O–H groups in total. The zero-order chi connectivity index (χ0) is 15.9. The first-order chi connectivity index (χ1) is 10.6. The molecule has 0 bridgehead atoms. The van der Waals surface area contributed by atoms with Gasteiger partial charge in [-0.2, -0.15) is 0 Å². The van der Waals surface area contributed by atoms with Crippen LogP contribution in [0.25, 0.3) is 0 Å². The third-order valence-corrected chi connectivity index (χ3v) is 3.37. The lowest BCUT2D eigenvalue weighted by Crippen LogP contribution is -2.21. The largest absolute Gasteiger partial charge is 0.372 e. The van der Waals surface area contributed by atoms with Crippen LogP contribution in [0.15, 0.2) is 36.7 Å². The second kappa shape index (κ2) is 7.64. The van der Waals surface area contributed by atoms with Crippen LogP contribution in [-0.4, -0.2) is 29.1 Å². The summed E-state index contributed by atoms with van der Waals surface area (Å²) >= 11 is 0. The molecule has 2 aromatic rings. The number of nitrogens with zero attached hydrogens (tertiary/aromatic N) is 3. The van der Waals surface area contributed by atoms with Crippen LogP contribution in [-0.2, 0) is 0 Å². The number of nitrogens with one attached hydrogen (secondary N) is 2. The molecule has 0 amide bonds. The van der Waals surface area contributed by atoms with Crippen molar-refractivity contribution < 1.29 is 0 Å². The molecule has 2 rings (SSSR count). The third kappa shape index (κ3) is 4.35. The van der Waals surface area contributed by atoms with Crippen molar-refractivity contribution in [3.63, 3.8) is 0 Å². The SMILES string of the molecule is CCN(CC)c1ccc(Nc2cc(NC(C)C)ncn2)cc1. The molecule has 0 aliphatic rings. The molecular weight excluding hydrogens is 274 g/mol. The van der Waals surface area contributed by atoms with E-state index >= 15 is 0 Å². The lowest BCUT2D eigenvalue weighted by molar-refractivity contribution is 0.866. The lowest BCUT2D eigenvalue weighted by Gasteiger charge is -2.21. The average Bonchev–Trinajstić information content (AvgIpc) is 2.50. The van der Waals surface area contributed by atoms with Gasteiger partial charge in [0.1, 0.15) is 18.0 Å². The van der Waals surface area contributed by atoms with E-state index in [-0.39, 0.29) is 0 Å². The molecule has 0 spiro atoms. The van der Waals surface area contributed by atoms with E-state index in [0.717, 1.165) is 30.4 Å². The molecular formula is C17H25N5. The molecule has 0 unspecified atom stereocenters. The third-order valence-electron chi connectivity index (χ3n) is 3.37. The van der Waals surface area contributed by atoms with Gasteiger partial charge in [-0.05, 0) is 52.0 Å². The van der Waals surface area contributed by atoms with Crippen LogP contribution >= 0.6 is 0 Å². The molecule has 0 aliphatic heterocycles. The smallest absolute Gasteiger partial charge is 0.135 e. The summed E-state index contributed by atoms with van der Waals surface area (Å²) in [7, 11) is 0. The summed E-state index contributed by atoms with van der Waals surface area (Å²) in [5.41, 5.74) is 2.26. The number of hydrogen-bond acceptors (Lipinski definition) is 5.